The van der Waals surface area contributed by atoms with E-state index in [9.17, 15) is 14.7 Å². The number of aromatic amines is 1. The normalized spacial score (nSPS) is 17.4. The molecule has 1 saturated heterocycles. The maximum Gasteiger partial charge on any atom is 0.300 e. The van der Waals surface area contributed by atoms with Gasteiger partial charge in [0, 0.05) is 33.9 Å². The summed E-state index contributed by atoms with van der Waals surface area (Å²) in [6.07, 6.45) is 1.78. The Morgan fingerprint density at radius 2 is 1.78 bits per heavy atom. The highest BCUT2D eigenvalue weighted by Gasteiger charge is 2.47. The molecule has 0 aliphatic carbocycles. The van der Waals surface area contributed by atoms with E-state index in [2.05, 4.69) is 18.8 Å². The van der Waals surface area contributed by atoms with Gasteiger partial charge in [-0.25, -0.2) is 0 Å². The molecule has 7 heteroatoms. The van der Waals surface area contributed by atoms with Crippen LogP contribution in [-0.2, 0) is 9.59 Å². The third-order valence-corrected chi connectivity index (χ3v) is 6.92. The van der Waals surface area contributed by atoms with Gasteiger partial charge in [-0.1, -0.05) is 55.8 Å². The summed E-state index contributed by atoms with van der Waals surface area (Å²) in [7, 11) is 1.49. The smallest absolute Gasteiger partial charge is 0.300 e. The molecule has 1 amide bonds. The number of nitrogens with one attached hydrogen (secondary N) is 1. The summed E-state index contributed by atoms with van der Waals surface area (Å²) < 4.78 is 5.21. The number of H-pyrrole nitrogens is 1. The molecule has 0 spiro atoms. The predicted molar refractivity (Wildman–Crippen MR) is 142 cm³/mol. The van der Waals surface area contributed by atoms with E-state index < -0.39 is 17.7 Å². The summed E-state index contributed by atoms with van der Waals surface area (Å²) in [5, 5.41) is 12.5. The van der Waals surface area contributed by atoms with Crippen LogP contribution >= 0.6 is 11.6 Å². The lowest BCUT2D eigenvalue weighted by Gasteiger charge is -2.25. The number of carbonyl (C=O) groups excluding carboxylic acids is 2. The number of hydrogen-bond donors (Lipinski definition) is 2. The van der Waals surface area contributed by atoms with Crippen molar-refractivity contribution >= 4 is 45.6 Å². The van der Waals surface area contributed by atoms with Crippen LogP contribution in [0.15, 0.2) is 78.5 Å². The number of Topliss-reactive ketones (excluding diaryl/α,β-unsaturated/α-hetero) is 1. The number of anilines is 1. The number of ether oxygens (including phenoxy) is 1. The average Bonchev–Trinajstić information content (AvgIpc) is 3.42. The fraction of sp³-hybridized carbons (Fsp3) is 0.172. The number of para-hydroxylation sites is 1. The molecule has 2 N–H and O–H groups in total. The maximum absolute atomic E-state index is 13.5. The lowest BCUT2D eigenvalue weighted by molar-refractivity contribution is -0.132. The van der Waals surface area contributed by atoms with Crippen LogP contribution in [0.25, 0.3) is 16.7 Å². The van der Waals surface area contributed by atoms with Crippen LogP contribution in [0.1, 0.15) is 42.5 Å². The van der Waals surface area contributed by atoms with E-state index in [1.165, 1.54) is 18.1 Å². The fourth-order valence-electron chi connectivity index (χ4n) is 4.70. The minimum atomic E-state index is -0.841. The summed E-state index contributed by atoms with van der Waals surface area (Å²) in [5.41, 5.74) is 3.58. The SMILES string of the molecule is COc1ccc(/C(O)=C2\C(=O)C(=O)N(c3ccc(C(C)C)cc3)C2c2c[nH]c3ccccc23)cc1Cl. The van der Waals surface area contributed by atoms with Gasteiger partial charge in [0.05, 0.1) is 23.7 Å². The van der Waals surface area contributed by atoms with E-state index in [-0.39, 0.29) is 16.4 Å². The Balaban J connectivity index is 1.74. The van der Waals surface area contributed by atoms with Crippen molar-refractivity contribution in [3.8, 4) is 5.75 Å². The fourth-order valence-corrected chi connectivity index (χ4v) is 4.96. The number of rotatable bonds is 5. The number of amides is 1. The number of benzene rings is 3. The third-order valence-electron chi connectivity index (χ3n) is 6.62. The number of ketones is 1. The van der Waals surface area contributed by atoms with Crippen LogP contribution in [0.2, 0.25) is 5.02 Å². The quantitative estimate of drug-likeness (QED) is 0.184. The number of halogens is 1. The zero-order valence-electron chi connectivity index (χ0n) is 20.1. The first kappa shape index (κ1) is 23.7. The zero-order valence-corrected chi connectivity index (χ0v) is 20.8. The molecule has 182 valence electrons. The zero-order chi connectivity index (χ0) is 25.6. The molecule has 5 rings (SSSR count). The standard InChI is InChI=1S/C29H25ClN2O4/c1-16(2)17-8-11-19(12-9-17)32-26(21-15-31-23-7-5-4-6-20(21)23)25(28(34)29(32)35)27(33)18-10-13-24(36-3)22(30)14-18/h4-16,26,31,33H,1-3H3/b27-25+. The monoisotopic (exact) mass is 500 g/mol. The molecule has 1 atom stereocenters. The third kappa shape index (κ3) is 3.84. The van der Waals surface area contributed by atoms with E-state index in [0.717, 1.165) is 16.5 Å². The Morgan fingerprint density at radius 3 is 2.44 bits per heavy atom. The first-order valence-electron chi connectivity index (χ1n) is 11.6. The van der Waals surface area contributed by atoms with Crippen molar-refractivity contribution in [1.82, 2.24) is 4.98 Å². The van der Waals surface area contributed by atoms with Crippen molar-refractivity contribution in [3.63, 3.8) is 0 Å². The number of fused-ring (bicyclic) bond motifs is 1. The van der Waals surface area contributed by atoms with Gasteiger partial charge in [0.15, 0.2) is 0 Å². The Bertz CT molecular complexity index is 1520. The van der Waals surface area contributed by atoms with Gasteiger partial charge in [0.1, 0.15) is 11.5 Å². The van der Waals surface area contributed by atoms with Gasteiger partial charge in [-0.3, -0.25) is 14.5 Å². The second-order valence-corrected chi connectivity index (χ2v) is 9.46. The molecule has 0 saturated carbocycles. The number of aliphatic hydroxyl groups excluding tert-OH is 1. The average molecular weight is 501 g/mol. The molecule has 1 aromatic heterocycles. The summed E-state index contributed by atoms with van der Waals surface area (Å²) in [6.45, 7) is 4.18. The highest BCUT2D eigenvalue weighted by Crippen LogP contribution is 2.44. The van der Waals surface area contributed by atoms with Gasteiger partial charge < -0.3 is 14.8 Å². The Morgan fingerprint density at radius 1 is 1.06 bits per heavy atom. The summed E-state index contributed by atoms with van der Waals surface area (Å²) >= 11 is 6.30. The van der Waals surface area contributed by atoms with Gasteiger partial charge in [0.25, 0.3) is 11.7 Å². The minimum Gasteiger partial charge on any atom is -0.507 e. The van der Waals surface area contributed by atoms with E-state index in [1.807, 2.05) is 48.5 Å². The van der Waals surface area contributed by atoms with Crippen LogP contribution < -0.4 is 9.64 Å². The molecular weight excluding hydrogens is 476 g/mol. The number of hydrogen-bond acceptors (Lipinski definition) is 4. The predicted octanol–water partition coefficient (Wildman–Crippen LogP) is 6.58. The first-order valence-corrected chi connectivity index (χ1v) is 12.0. The van der Waals surface area contributed by atoms with Gasteiger partial charge in [-0.2, -0.15) is 0 Å². The first-order chi connectivity index (χ1) is 17.3. The molecule has 0 radical (unpaired) electrons. The van der Waals surface area contributed by atoms with Crippen LogP contribution in [-0.4, -0.2) is 28.9 Å². The molecule has 0 bridgehead atoms. The molecule has 4 aromatic rings. The molecule has 36 heavy (non-hydrogen) atoms. The number of aliphatic hydroxyl groups is 1. The van der Waals surface area contributed by atoms with Crippen LogP contribution in [0, 0.1) is 0 Å². The topological polar surface area (TPSA) is 82.6 Å². The van der Waals surface area contributed by atoms with Gasteiger partial charge in [0.2, 0.25) is 0 Å². The molecule has 3 aromatic carbocycles. The highest BCUT2D eigenvalue weighted by atomic mass is 35.5. The van der Waals surface area contributed by atoms with Crippen molar-refractivity contribution in [2.45, 2.75) is 25.8 Å². The number of nitrogens with zero attached hydrogens (tertiary/aromatic N) is 1. The Kier molecular flexibility index (Phi) is 6.06. The summed E-state index contributed by atoms with van der Waals surface area (Å²) in [4.78, 5) is 31.6. The van der Waals surface area contributed by atoms with Crippen LogP contribution in [0.5, 0.6) is 5.75 Å². The maximum atomic E-state index is 13.5. The largest absolute Gasteiger partial charge is 0.507 e. The minimum absolute atomic E-state index is 0.000998. The van der Waals surface area contributed by atoms with E-state index in [1.54, 1.807) is 18.3 Å². The Hall–Kier alpha value is -4.03. The van der Waals surface area contributed by atoms with E-state index >= 15 is 0 Å². The molecule has 2 heterocycles. The highest BCUT2D eigenvalue weighted by molar-refractivity contribution is 6.52. The van der Waals surface area contributed by atoms with Gasteiger partial charge >= 0.3 is 0 Å². The second-order valence-electron chi connectivity index (χ2n) is 9.05. The Labute approximate surface area is 213 Å². The van der Waals surface area contributed by atoms with Crippen molar-refractivity contribution in [3.05, 3.63) is 100 Å². The molecule has 1 fully saturated rings. The summed E-state index contributed by atoms with van der Waals surface area (Å²) in [6, 6.07) is 19.1. The molecular formula is C29H25ClN2O4. The number of aromatic nitrogens is 1. The molecule has 1 aliphatic heterocycles. The van der Waals surface area contributed by atoms with Gasteiger partial charge in [-0.15, -0.1) is 0 Å². The second kappa shape index (κ2) is 9.21. The van der Waals surface area contributed by atoms with Crippen molar-refractivity contribution in [2.75, 3.05) is 12.0 Å². The molecule has 1 unspecified atom stereocenters. The van der Waals surface area contributed by atoms with Crippen LogP contribution in [0.3, 0.4) is 0 Å². The van der Waals surface area contributed by atoms with Gasteiger partial charge in [-0.05, 0) is 47.9 Å². The lowest BCUT2D eigenvalue weighted by Crippen LogP contribution is -2.29. The molecule has 6 nitrogen and oxygen atoms in total. The van der Waals surface area contributed by atoms with Crippen molar-refractivity contribution in [1.29, 1.82) is 0 Å². The van der Waals surface area contributed by atoms with E-state index in [0.29, 0.717) is 28.5 Å². The van der Waals surface area contributed by atoms with Crippen molar-refractivity contribution < 1.29 is 19.4 Å². The molecule has 1 aliphatic rings. The number of carbonyl (C=O) groups is 2. The van der Waals surface area contributed by atoms with Crippen molar-refractivity contribution in [2.24, 2.45) is 0 Å². The van der Waals surface area contributed by atoms with Crippen LogP contribution in [0.4, 0.5) is 5.69 Å². The van der Waals surface area contributed by atoms with E-state index in [4.69, 9.17) is 16.3 Å². The summed E-state index contributed by atoms with van der Waals surface area (Å²) in [5.74, 6) is -1.01. The lowest BCUT2D eigenvalue weighted by atomic mass is 9.94. The number of methoxy groups -OCH3 is 1.